The van der Waals surface area contributed by atoms with Crippen molar-refractivity contribution in [1.29, 1.82) is 0 Å². The van der Waals surface area contributed by atoms with E-state index in [0.29, 0.717) is 5.56 Å². The van der Waals surface area contributed by atoms with E-state index in [1.54, 1.807) is 35.2 Å². The van der Waals surface area contributed by atoms with Crippen LogP contribution in [0.15, 0.2) is 44.4 Å². The zero-order valence-electron chi connectivity index (χ0n) is 9.68. The van der Waals surface area contributed by atoms with Crippen LogP contribution >= 0.6 is 39.0 Å². The van der Waals surface area contributed by atoms with Crippen LogP contribution in [0.25, 0.3) is 0 Å². The van der Waals surface area contributed by atoms with E-state index in [2.05, 4.69) is 32.1 Å². The molecule has 0 fully saturated rings. The first-order valence-corrected chi connectivity index (χ1v) is 7.89. The molecular formula is C13H11BrO2S2. The summed E-state index contributed by atoms with van der Waals surface area (Å²) in [4.78, 5) is 11.4. The fourth-order valence-corrected chi connectivity index (χ4v) is 3.90. The largest absolute Gasteiger partial charge is 0.465 e. The lowest BCUT2D eigenvalue weighted by atomic mass is 10.1. The van der Waals surface area contributed by atoms with Gasteiger partial charge in [0.1, 0.15) is 0 Å². The van der Waals surface area contributed by atoms with E-state index in [0.717, 1.165) is 10.2 Å². The Bertz CT molecular complexity index is 538. The van der Waals surface area contributed by atoms with Crippen LogP contribution in [0.2, 0.25) is 0 Å². The molecule has 1 heterocycles. The number of carbonyl (C=O) groups excluding carboxylic acids is 1. The van der Waals surface area contributed by atoms with E-state index in [1.807, 2.05) is 12.1 Å². The Hall–Kier alpha value is -0.780. The molecule has 94 valence electrons. The maximum atomic E-state index is 11.4. The molecule has 1 aromatic carbocycles. The number of halogens is 1. The summed E-state index contributed by atoms with van der Waals surface area (Å²) in [5, 5.41) is 2.07. The summed E-state index contributed by atoms with van der Waals surface area (Å²) in [7, 11) is 1.39. The van der Waals surface area contributed by atoms with E-state index in [1.165, 1.54) is 16.9 Å². The molecule has 2 aromatic rings. The highest BCUT2D eigenvalue weighted by molar-refractivity contribution is 9.10. The topological polar surface area (TPSA) is 26.3 Å². The Balaban J connectivity index is 2.08. The van der Waals surface area contributed by atoms with Crippen LogP contribution in [0, 0.1) is 0 Å². The van der Waals surface area contributed by atoms with Crippen LogP contribution in [0.3, 0.4) is 0 Å². The number of thiophene rings is 1. The summed E-state index contributed by atoms with van der Waals surface area (Å²) in [6.07, 6.45) is 0. The SMILES string of the molecule is COC(=O)c1ccc(CSc2cccs2)c(Br)c1. The third kappa shape index (κ3) is 3.37. The predicted molar refractivity (Wildman–Crippen MR) is 79.4 cm³/mol. The van der Waals surface area contributed by atoms with Gasteiger partial charge in [0.05, 0.1) is 16.9 Å². The summed E-state index contributed by atoms with van der Waals surface area (Å²) in [5.74, 6) is 0.566. The number of methoxy groups -OCH3 is 1. The number of benzene rings is 1. The van der Waals surface area contributed by atoms with Crippen molar-refractivity contribution in [2.45, 2.75) is 9.96 Å². The number of thioether (sulfide) groups is 1. The Morgan fingerprint density at radius 2 is 2.28 bits per heavy atom. The minimum absolute atomic E-state index is 0.312. The van der Waals surface area contributed by atoms with Crippen molar-refractivity contribution in [3.05, 3.63) is 51.3 Å². The summed E-state index contributed by atoms with van der Waals surface area (Å²) < 4.78 is 6.92. The third-order valence-corrected chi connectivity index (χ3v) is 5.26. The molecule has 0 aliphatic heterocycles. The molecule has 1 aromatic heterocycles. The molecule has 0 N–H and O–H groups in total. The van der Waals surface area contributed by atoms with Crippen LogP contribution in [-0.4, -0.2) is 13.1 Å². The van der Waals surface area contributed by atoms with Gasteiger partial charge in [-0.2, -0.15) is 0 Å². The number of hydrogen-bond donors (Lipinski definition) is 0. The van der Waals surface area contributed by atoms with Crippen LogP contribution in [-0.2, 0) is 10.5 Å². The van der Waals surface area contributed by atoms with Crippen LogP contribution < -0.4 is 0 Å². The van der Waals surface area contributed by atoms with Gasteiger partial charge in [0, 0.05) is 10.2 Å². The highest BCUT2D eigenvalue weighted by atomic mass is 79.9. The molecule has 0 saturated carbocycles. The lowest BCUT2D eigenvalue weighted by Crippen LogP contribution is -2.01. The normalized spacial score (nSPS) is 10.3. The highest BCUT2D eigenvalue weighted by Crippen LogP contribution is 2.30. The van der Waals surface area contributed by atoms with Crippen LogP contribution in [0.4, 0.5) is 0 Å². The van der Waals surface area contributed by atoms with Crippen molar-refractivity contribution in [3.63, 3.8) is 0 Å². The van der Waals surface area contributed by atoms with Gasteiger partial charge in [0.2, 0.25) is 0 Å². The maximum Gasteiger partial charge on any atom is 0.337 e. The minimum atomic E-state index is -0.312. The third-order valence-electron chi connectivity index (χ3n) is 2.34. The first-order valence-electron chi connectivity index (χ1n) is 5.24. The first-order chi connectivity index (χ1) is 8.70. The van der Waals surface area contributed by atoms with Crippen molar-refractivity contribution in [3.8, 4) is 0 Å². The smallest absolute Gasteiger partial charge is 0.337 e. The second-order valence-corrected chi connectivity index (χ2v) is 6.60. The van der Waals surface area contributed by atoms with Gasteiger partial charge in [0.25, 0.3) is 0 Å². The Morgan fingerprint density at radius 1 is 1.44 bits per heavy atom. The lowest BCUT2D eigenvalue weighted by Gasteiger charge is -2.05. The summed E-state index contributed by atoms with van der Waals surface area (Å²) in [6, 6.07) is 9.70. The summed E-state index contributed by atoms with van der Waals surface area (Å²) in [5.41, 5.74) is 1.73. The molecule has 0 atom stereocenters. The molecule has 2 rings (SSSR count). The van der Waals surface area contributed by atoms with Gasteiger partial charge in [-0.25, -0.2) is 4.79 Å². The van der Waals surface area contributed by atoms with E-state index in [-0.39, 0.29) is 5.97 Å². The fraction of sp³-hybridized carbons (Fsp3) is 0.154. The van der Waals surface area contributed by atoms with Crippen molar-refractivity contribution in [1.82, 2.24) is 0 Å². The van der Waals surface area contributed by atoms with Gasteiger partial charge in [-0.05, 0) is 29.1 Å². The number of carbonyl (C=O) groups is 1. The van der Waals surface area contributed by atoms with Gasteiger partial charge in [-0.15, -0.1) is 23.1 Å². The number of ether oxygens (including phenoxy) is 1. The minimum Gasteiger partial charge on any atom is -0.465 e. The molecule has 18 heavy (non-hydrogen) atoms. The van der Waals surface area contributed by atoms with Gasteiger partial charge in [0.15, 0.2) is 0 Å². The maximum absolute atomic E-state index is 11.4. The van der Waals surface area contributed by atoms with Crippen molar-refractivity contribution in [2.24, 2.45) is 0 Å². The van der Waals surface area contributed by atoms with E-state index >= 15 is 0 Å². The number of esters is 1. The van der Waals surface area contributed by atoms with E-state index < -0.39 is 0 Å². The standard InChI is InChI=1S/C13H11BrO2S2/c1-16-13(15)9-4-5-10(11(14)7-9)8-18-12-3-2-6-17-12/h2-7H,8H2,1H3. The second kappa shape index (κ2) is 6.41. The Kier molecular flexibility index (Phi) is 4.86. The van der Waals surface area contributed by atoms with Gasteiger partial charge >= 0.3 is 5.97 Å². The van der Waals surface area contributed by atoms with Crippen LogP contribution in [0.1, 0.15) is 15.9 Å². The van der Waals surface area contributed by atoms with Crippen molar-refractivity contribution in [2.75, 3.05) is 7.11 Å². The molecule has 0 aliphatic rings. The molecule has 0 amide bonds. The zero-order valence-corrected chi connectivity index (χ0v) is 12.9. The molecule has 0 unspecified atom stereocenters. The first kappa shape index (κ1) is 13.6. The van der Waals surface area contributed by atoms with E-state index in [9.17, 15) is 4.79 Å². The monoisotopic (exact) mass is 342 g/mol. The lowest BCUT2D eigenvalue weighted by molar-refractivity contribution is 0.0600. The average Bonchev–Trinajstić information content (AvgIpc) is 2.89. The molecular weight excluding hydrogens is 332 g/mol. The van der Waals surface area contributed by atoms with Crippen LogP contribution in [0.5, 0.6) is 0 Å². The molecule has 2 nitrogen and oxygen atoms in total. The molecule has 0 spiro atoms. The van der Waals surface area contributed by atoms with Crippen molar-refractivity contribution >= 4 is 45.0 Å². The Morgan fingerprint density at radius 3 is 2.89 bits per heavy atom. The average molecular weight is 343 g/mol. The quantitative estimate of drug-likeness (QED) is 0.600. The fourth-order valence-electron chi connectivity index (χ4n) is 1.40. The summed E-state index contributed by atoms with van der Waals surface area (Å²) >= 11 is 7.01. The number of hydrogen-bond acceptors (Lipinski definition) is 4. The van der Waals surface area contributed by atoms with E-state index in [4.69, 9.17) is 0 Å². The molecule has 0 bridgehead atoms. The zero-order chi connectivity index (χ0) is 13.0. The second-order valence-electron chi connectivity index (χ2n) is 3.52. The molecule has 0 saturated heterocycles. The molecule has 0 radical (unpaired) electrons. The van der Waals surface area contributed by atoms with Gasteiger partial charge in [-0.1, -0.05) is 28.1 Å². The molecule has 5 heteroatoms. The van der Waals surface area contributed by atoms with Gasteiger partial charge < -0.3 is 4.74 Å². The molecule has 0 aliphatic carbocycles. The Labute approximate surface area is 122 Å². The van der Waals surface area contributed by atoms with Gasteiger partial charge in [-0.3, -0.25) is 0 Å². The number of rotatable bonds is 4. The highest BCUT2D eigenvalue weighted by Gasteiger charge is 2.08. The summed E-state index contributed by atoms with van der Waals surface area (Å²) in [6.45, 7) is 0. The predicted octanol–water partition coefficient (Wildman–Crippen LogP) is 4.59. The van der Waals surface area contributed by atoms with Crippen molar-refractivity contribution < 1.29 is 9.53 Å².